The number of esters is 1. The summed E-state index contributed by atoms with van der Waals surface area (Å²) in [7, 11) is 1.43. The minimum Gasteiger partial charge on any atom is -0.469 e. The van der Waals surface area contributed by atoms with E-state index in [9.17, 15) is 9.90 Å². The van der Waals surface area contributed by atoms with Crippen molar-refractivity contribution < 1.29 is 14.6 Å². The van der Waals surface area contributed by atoms with Crippen LogP contribution < -0.4 is 0 Å². The Hall–Kier alpha value is -0.220. The quantitative estimate of drug-likeness (QED) is 0.755. The second-order valence-electron chi connectivity index (χ2n) is 4.97. The maximum Gasteiger partial charge on any atom is 0.314 e. The zero-order valence-corrected chi connectivity index (χ0v) is 10.6. The van der Waals surface area contributed by atoms with Crippen LogP contribution in [-0.2, 0) is 9.53 Å². The first-order valence-corrected chi connectivity index (χ1v) is 7.19. The topological polar surface area (TPSA) is 46.5 Å². The van der Waals surface area contributed by atoms with E-state index in [-0.39, 0.29) is 5.97 Å². The number of rotatable bonds is 2. The predicted molar refractivity (Wildman–Crippen MR) is 64.4 cm³/mol. The molecule has 1 saturated heterocycles. The molecule has 1 aliphatic heterocycles. The molecule has 0 aromatic heterocycles. The Bertz CT molecular complexity index is 265. The zero-order valence-electron chi connectivity index (χ0n) is 9.83. The lowest BCUT2D eigenvalue weighted by Crippen LogP contribution is -2.55. The highest BCUT2D eigenvalue weighted by Gasteiger charge is 2.57. The molecule has 2 rings (SSSR count). The fourth-order valence-corrected chi connectivity index (χ4v) is 4.53. The van der Waals surface area contributed by atoms with Crippen molar-refractivity contribution in [3.05, 3.63) is 0 Å². The molecule has 0 aromatic carbocycles. The average Bonchev–Trinajstić information content (AvgIpc) is 2.77. The Labute approximate surface area is 101 Å². The smallest absolute Gasteiger partial charge is 0.314 e. The lowest BCUT2D eigenvalue weighted by Gasteiger charge is -2.45. The van der Waals surface area contributed by atoms with Crippen LogP contribution in [-0.4, -0.2) is 35.3 Å². The molecule has 1 saturated carbocycles. The van der Waals surface area contributed by atoms with Crippen molar-refractivity contribution in [3.63, 3.8) is 0 Å². The summed E-state index contributed by atoms with van der Waals surface area (Å²) in [4.78, 5) is 12.1. The third-order valence-corrected chi connectivity index (χ3v) is 5.35. The number of carbonyl (C=O) groups excluding carboxylic acids is 1. The van der Waals surface area contributed by atoms with Crippen LogP contribution in [0.2, 0.25) is 0 Å². The van der Waals surface area contributed by atoms with Crippen molar-refractivity contribution >= 4 is 17.7 Å². The summed E-state index contributed by atoms with van der Waals surface area (Å²) in [5, 5.41) is 10.7. The van der Waals surface area contributed by atoms with Crippen molar-refractivity contribution in [1.82, 2.24) is 0 Å². The molecule has 3 nitrogen and oxygen atoms in total. The maximum atomic E-state index is 12.1. The second kappa shape index (κ2) is 4.57. The summed E-state index contributed by atoms with van der Waals surface area (Å²) < 4.78 is 4.96. The molecule has 1 N–H and O–H groups in total. The van der Waals surface area contributed by atoms with E-state index in [4.69, 9.17) is 4.74 Å². The molecule has 0 radical (unpaired) electrons. The highest BCUT2D eigenvalue weighted by molar-refractivity contribution is 7.99. The van der Waals surface area contributed by atoms with Crippen LogP contribution in [0.4, 0.5) is 0 Å². The van der Waals surface area contributed by atoms with Gasteiger partial charge in [0.05, 0.1) is 18.1 Å². The minimum atomic E-state index is -0.828. The van der Waals surface area contributed by atoms with Crippen molar-refractivity contribution in [2.24, 2.45) is 5.41 Å². The lowest BCUT2D eigenvalue weighted by molar-refractivity contribution is -0.175. The van der Waals surface area contributed by atoms with Gasteiger partial charge < -0.3 is 9.84 Å². The molecule has 0 amide bonds. The van der Waals surface area contributed by atoms with Gasteiger partial charge in [-0.1, -0.05) is 19.3 Å². The second-order valence-corrected chi connectivity index (χ2v) is 6.07. The number of aliphatic hydroxyl groups is 1. The molecule has 1 atom stereocenters. The zero-order chi connectivity index (χ0) is 11.6. The van der Waals surface area contributed by atoms with Crippen molar-refractivity contribution in [3.8, 4) is 0 Å². The highest BCUT2D eigenvalue weighted by atomic mass is 32.2. The summed E-state index contributed by atoms with van der Waals surface area (Å²) >= 11 is 1.74. The molecule has 2 aliphatic rings. The molecular formula is C12H20O3S. The van der Waals surface area contributed by atoms with Gasteiger partial charge in [-0.05, 0) is 25.0 Å². The molecule has 2 fully saturated rings. The van der Waals surface area contributed by atoms with Gasteiger partial charge in [0.2, 0.25) is 0 Å². The van der Waals surface area contributed by atoms with E-state index in [1.807, 2.05) is 0 Å². The molecule has 1 heterocycles. The van der Waals surface area contributed by atoms with Crippen LogP contribution in [0.1, 0.15) is 38.5 Å². The minimum absolute atomic E-state index is 0.197. The van der Waals surface area contributed by atoms with Gasteiger partial charge in [0.25, 0.3) is 0 Å². The van der Waals surface area contributed by atoms with Crippen molar-refractivity contribution in [2.45, 2.75) is 44.1 Å². The van der Waals surface area contributed by atoms with Crippen molar-refractivity contribution in [1.29, 1.82) is 0 Å². The molecule has 92 valence electrons. The van der Waals surface area contributed by atoms with Crippen LogP contribution in [0, 0.1) is 5.41 Å². The van der Waals surface area contributed by atoms with E-state index in [1.165, 1.54) is 13.5 Å². The Morgan fingerprint density at radius 3 is 2.44 bits per heavy atom. The highest BCUT2D eigenvalue weighted by Crippen LogP contribution is 2.51. The summed E-state index contributed by atoms with van der Waals surface area (Å²) in [6.45, 7) is 0. The maximum absolute atomic E-state index is 12.1. The van der Waals surface area contributed by atoms with Crippen molar-refractivity contribution in [2.75, 3.05) is 18.6 Å². The number of thioether (sulfide) groups is 1. The Balaban J connectivity index is 2.28. The largest absolute Gasteiger partial charge is 0.469 e. The number of ether oxygens (including phenoxy) is 1. The van der Waals surface area contributed by atoms with E-state index < -0.39 is 11.0 Å². The normalized spacial score (nSPS) is 33.6. The van der Waals surface area contributed by atoms with E-state index in [1.54, 1.807) is 11.8 Å². The van der Waals surface area contributed by atoms with Crippen LogP contribution in [0.5, 0.6) is 0 Å². The summed E-state index contributed by atoms with van der Waals surface area (Å²) in [5.74, 6) is 1.44. The number of carbonyl (C=O) groups is 1. The third-order valence-electron chi connectivity index (χ3n) is 4.17. The number of hydrogen-bond acceptors (Lipinski definition) is 4. The van der Waals surface area contributed by atoms with Crippen LogP contribution in [0.3, 0.4) is 0 Å². The monoisotopic (exact) mass is 244 g/mol. The first-order chi connectivity index (χ1) is 7.65. The van der Waals surface area contributed by atoms with Gasteiger partial charge in [0, 0.05) is 5.75 Å². The Morgan fingerprint density at radius 2 is 1.94 bits per heavy atom. The lowest BCUT2D eigenvalue weighted by atomic mass is 9.63. The predicted octanol–water partition coefficient (Wildman–Crippen LogP) is 1.98. The van der Waals surface area contributed by atoms with Gasteiger partial charge in [-0.2, -0.15) is 11.8 Å². The van der Waals surface area contributed by atoms with Gasteiger partial charge in [-0.15, -0.1) is 0 Å². The fraction of sp³-hybridized carbons (Fsp3) is 0.917. The molecule has 16 heavy (non-hydrogen) atoms. The number of hydrogen-bond donors (Lipinski definition) is 1. The molecule has 4 heteroatoms. The molecule has 1 unspecified atom stereocenters. The van der Waals surface area contributed by atoms with Crippen LogP contribution in [0.15, 0.2) is 0 Å². The van der Waals surface area contributed by atoms with E-state index in [2.05, 4.69) is 0 Å². The summed E-state index contributed by atoms with van der Waals surface area (Å²) in [5.41, 5.74) is -1.45. The van der Waals surface area contributed by atoms with Crippen LogP contribution in [0.25, 0.3) is 0 Å². The van der Waals surface area contributed by atoms with E-state index >= 15 is 0 Å². The first kappa shape index (κ1) is 12.2. The van der Waals surface area contributed by atoms with E-state index in [0.29, 0.717) is 5.75 Å². The number of methoxy groups -OCH3 is 1. The average molecular weight is 244 g/mol. The molecule has 0 spiro atoms. The summed E-state index contributed by atoms with van der Waals surface area (Å²) in [6.07, 6.45) is 5.53. The van der Waals surface area contributed by atoms with Gasteiger partial charge in [0.15, 0.2) is 0 Å². The van der Waals surface area contributed by atoms with Crippen LogP contribution >= 0.6 is 11.8 Å². The molecule has 0 aromatic rings. The standard InChI is InChI=1S/C12H20O3S/c1-15-10(13)11(5-3-2-4-6-11)12(14)7-8-16-9-12/h14H,2-9H2,1H3. The summed E-state index contributed by atoms with van der Waals surface area (Å²) in [6, 6.07) is 0. The first-order valence-electron chi connectivity index (χ1n) is 6.03. The molecule has 0 bridgehead atoms. The van der Waals surface area contributed by atoms with E-state index in [0.717, 1.165) is 37.9 Å². The molecule has 1 aliphatic carbocycles. The molecular weight excluding hydrogens is 224 g/mol. The Kier molecular flexibility index (Phi) is 3.50. The van der Waals surface area contributed by atoms with Gasteiger partial charge in [0.1, 0.15) is 0 Å². The van der Waals surface area contributed by atoms with Gasteiger partial charge in [-0.3, -0.25) is 4.79 Å². The van der Waals surface area contributed by atoms with Gasteiger partial charge in [-0.25, -0.2) is 0 Å². The van der Waals surface area contributed by atoms with Gasteiger partial charge >= 0.3 is 5.97 Å². The fourth-order valence-electron chi connectivity index (χ4n) is 3.14. The SMILES string of the molecule is COC(=O)C1(C2(O)CCSC2)CCCCC1. The third kappa shape index (κ3) is 1.76. The Morgan fingerprint density at radius 1 is 1.25 bits per heavy atom.